The second kappa shape index (κ2) is 8.00. The van der Waals surface area contributed by atoms with Crippen LogP contribution in [0.25, 0.3) is 0 Å². The SMILES string of the molecule is CC(C)(O)c1cc(F)c(S(N)(=O)=NC(=O)Nc2c3c(nc(C(F)(F)F)c2C2CC2)CCC3)s1. The Morgan fingerprint density at radius 3 is 2.55 bits per heavy atom. The number of aliphatic hydroxyl groups is 1. The third-order valence-electron chi connectivity index (χ3n) is 5.49. The summed E-state index contributed by atoms with van der Waals surface area (Å²) >= 11 is 0.608. The molecule has 1 atom stereocenters. The molecular weight excluding hydrogens is 484 g/mol. The molecule has 2 aliphatic rings. The number of aryl methyl sites for hydroxylation is 1. The maximum absolute atomic E-state index is 14.4. The molecule has 2 aromatic heterocycles. The summed E-state index contributed by atoms with van der Waals surface area (Å²) in [5, 5.41) is 18.1. The Kier molecular flexibility index (Phi) is 5.83. The van der Waals surface area contributed by atoms with Crippen molar-refractivity contribution >= 4 is 33.0 Å². The first kappa shape index (κ1) is 24.0. The van der Waals surface area contributed by atoms with E-state index in [-0.39, 0.29) is 21.8 Å². The summed E-state index contributed by atoms with van der Waals surface area (Å²) in [6.07, 6.45) is -2.29. The van der Waals surface area contributed by atoms with Crippen molar-refractivity contribution in [2.75, 3.05) is 5.32 Å². The van der Waals surface area contributed by atoms with Gasteiger partial charge in [-0.3, -0.25) is 0 Å². The molecule has 4 rings (SSSR count). The number of halogens is 4. The van der Waals surface area contributed by atoms with Gasteiger partial charge in [-0.1, -0.05) is 0 Å². The second-order valence-corrected chi connectivity index (χ2v) is 11.7. The average Bonchev–Trinajstić information content (AvgIpc) is 3.22. The summed E-state index contributed by atoms with van der Waals surface area (Å²) in [5.74, 6) is -1.40. The number of rotatable bonds is 4. The number of carbonyl (C=O) groups is 1. The van der Waals surface area contributed by atoms with Crippen molar-refractivity contribution < 1.29 is 31.7 Å². The molecule has 0 saturated heterocycles. The summed E-state index contributed by atoms with van der Waals surface area (Å²) in [7, 11) is -4.06. The van der Waals surface area contributed by atoms with Gasteiger partial charge in [0.2, 0.25) is 0 Å². The van der Waals surface area contributed by atoms with Gasteiger partial charge in [0.1, 0.15) is 5.69 Å². The summed E-state index contributed by atoms with van der Waals surface area (Å²) in [6.45, 7) is 2.79. The monoisotopic (exact) mass is 506 g/mol. The Morgan fingerprint density at radius 2 is 2.00 bits per heavy atom. The maximum atomic E-state index is 14.4. The Labute approximate surface area is 191 Å². The van der Waals surface area contributed by atoms with Gasteiger partial charge in [-0.15, -0.1) is 15.7 Å². The fourth-order valence-corrected chi connectivity index (χ4v) is 6.21. The molecule has 2 amide bonds. The number of urea groups is 1. The van der Waals surface area contributed by atoms with Crippen molar-refractivity contribution in [2.24, 2.45) is 9.50 Å². The van der Waals surface area contributed by atoms with Crippen LogP contribution in [0, 0.1) is 5.82 Å². The van der Waals surface area contributed by atoms with Gasteiger partial charge in [0, 0.05) is 16.1 Å². The Balaban J connectivity index is 1.75. The van der Waals surface area contributed by atoms with Crippen LogP contribution in [0.3, 0.4) is 0 Å². The zero-order chi connectivity index (χ0) is 24.3. The number of alkyl halides is 3. The number of pyridine rings is 1. The van der Waals surface area contributed by atoms with Crippen LogP contribution in [0.4, 0.5) is 28.0 Å². The molecule has 1 unspecified atom stereocenters. The molecule has 0 aromatic carbocycles. The highest BCUT2D eigenvalue weighted by molar-refractivity contribution is 7.93. The van der Waals surface area contributed by atoms with E-state index in [2.05, 4.69) is 14.7 Å². The van der Waals surface area contributed by atoms with E-state index in [1.165, 1.54) is 13.8 Å². The Morgan fingerprint density at radius 1 is 1.33 bits per heavy atom. The summed E-state index contributed by atoms with van der Waals surface area (Å²) in [4.78, 5) is 16.6. The first-order chi connectivity index (χ1) is 15.2. The summed E-state index contributed by atoms with van der Waals surface area (Å²) in [6, 6.07) is -0.285. The number of amides is 2. The van der Waals surface area contributed by atoms with Crippen LogP contribution >= 0.6 is 11.3 Å². The molecule has 2 aromatic rings. The van der Waals surface area contributed by atoms with E-state index in [0.717, 1.165) is 6.07 Å². The smallest absolute Gasteiger partial charge is 0.385 e. The molecule has 2 aliphatic carbocycles. The van der Waals surface area contributed by atoms with Crippen LogP contribution in [0.2, 0.25) is 0 Å². The van der Waals surface area contributed by atoms with Crippen LogP contribution < -0.4 is 10.5 Å². The number of hydrogen-bond acceptors (Lipinski definition) is 5. The molecule has 1 fully saturated rings. The summed E-state index contributed by atoms with van der Waals surface area (Å²) < 4.78 is 71.3. The number of thiophene rings is 1. The molecule has 0 spiro atoms. The normalized spacial score (nSPS) is 18.1. The summed E-state index contributed by atoms with van der Waals surface area (Å²) in [5.41, 5.74) is -1.82. The second-order valence-electron chi connectivity index (χ2n) is 8.70. The van der Waals surface area contributed by atoms with E-state index in [9.17, 15) is 31.7 Å². The largest absolute Gasteiger partial charge is 0.433 e. The average molecular weight is 507 g/mol. The Bertz CT molecular complexity index is 1250. The molecule has 0 aliphatic heterocycles. The molecule has 33 heavy (non-hydrogen) atoms. The standard InChI is InChI=1S/C20H22F4N4O3S2/c1-19(2,30)13-8-11(21)17(32-13)33(25,31)28-18(29)27-15-10-4-3-5-12(10)26-16(20(22,23)24)14(15)9-6-7-9/h8-9,30H,3-7H2,1-2H3,(H3,25,26,27,28,29,31). The Hall–Kier alpha value is -2.09. The minimum atomic E-state index is -4.71. The molecule has 1 saturated carbocycles. The number of nitrogens with one attached hydrogen (secondary N) is 1. The highest BCUT2D eigenvalue weighted by Crippen LogP contribution is 2.50. The molecule has 180 valence electrons. The predicted molar refractivity (Wildman–Crippen MR) is 115 cm³/mol. The number of aromatic nitrogens is 1. The zero-order valence-electron chi connectivity index (χ0n) is 17.8. The third kappa shape index (κ3) is 4.77. The lowest BCUT2D eigenvalue weighted by atomic mass is 10.00. The minimum absolute atomic E-state index is 0.0138. The topological polar surface area (TPSA) is 118 Å². The molecule has 7 nitrogen and oxygen atoms in total. The maximum Gasteiger partial charge on any atom is 0.433 e. The van der Waals surface area contributed by atoms with Gasteiger partial charge in [-0.2, -0.15) is 13.2 Å². The zero-order valence-corrected chi connectivity index (χ0v) is 19.4. The molecular formula is C20H22F4N4O3S2. The number of anilines is 1. The van der Waals surface area contributed by atoms with Crippen LogP contribution in [0.5, 0.6) is 0 Å². The van der Waals surface area contributed by atoms with Gasteiger partial charge in [0.05, 0.1) is 11.3 Å². The van der Waals surface area contributed by atoms with Crippen LogP contribution in [-0.2, 0) is 34.5 Å². The van der Waals surface area contributed by atoms with Gasteiger partial charge in [-0.05, 0) is 63.5 Å². The van der Waals surface area contributed by atoms with Gasteiger partial charge >= 0.3 is 12.2 Å². The molecule has 0 bridgehead atoms. The minimum Gasteiger partial charge on any atom is -0.385 e. The van der Waals surface area contributed by atoms with Crippen molar-refractivity contribution in [2.45, 2.75) is 67.9 Å². The lowest BCUT2D eigenvalue weighted by molar-refractivity contribution is -0.141. The molecule has 13 heteroatoms. The van der Waals surface area contributed by atoms with E-state index in [1.807, 2.05) is 0 Å². The van der Waals surface area contributed by atoms with E-state index in [4.69, 9.17) is 5.14 Å². The van der Waals surface area contributed by atoms with E-state index < -0.39 is 49.4 Å². The van der Waals surface area contributed by atoms with Crippen LogP contribution in [0.1, 0.15) is 66.4 Å². The van der Waals surface area contributed by atoms with Crippen LogP contribution in [0.15, 0.2) is 14.6 Å². The first-order valence-corrected chi connectivity index (χ1v) is 12.6. The van der Waals surface area contributed by atoms with Gasteiger partial charge in [0.15, 0.2) is 19.9 Å². The number of nitrogens with two attached hydrogens (primary N) is 1. The first-order valence-electron chi connectivity index (χ1n) is 10.2. The number of carbonyl (C=O) groups excluding carboxylic acids is 1. The van der Waals surface area contributed by atoms with Crippen molar-refractivity contribution in [1.29, 1.82) is 0 Å². The lowest BCUT2D eigenvalue weighted by Crippen LogP contribution is -2.21. The molecule has 4 N–H and O–H groups in total. The van der Waals surface area contributed by atoms with Gasteiger partial charge in [-0.25, -0.2) is 23.5 Å². The number of nitrogens with zero attached hydrogens (tertiary/aromatic N) is 2. The number of fused-ring (bicyclic) bond motifs is 1. The fraction of sp³-hybridized carbons (Fsp3) is 0.500. The number of hydrogen-bond donors (Lipinski definition) is 3. The molecule has 0 radical (unpaired) electrons. The van der Waals surface area contributed by atoms with Crippen LogP contribution in [-0.4, -0.2) is 20.3 Å². The van der Waals surface area contributed by atoms with E-state index in [0.29, 0.717) is 49.0 Å². The highest BCUT2D eigenvalue weighted by Gasteiger charge is 2.43. The van der Waals surface area contributed by atoms with Gasteiger partial charge in [0.25, 0.3) is 0 Å². The van der Waals surface area contributed by atoms with Crippen molar-refractivity contribution in [3.63, 3.8) is 0 Å². The van der Waals surface area contributed by atoms with Crippen molar-refractivity contribution in [3.05, 3.63) is 39.3 Å². The third-order valence-corrected chi connectivity index (χ3v) is 8.84. The van der Waals surface area contributed by atoms with E-state index >= 15 is 0 Å². The lowest BCUT2D eigenvalue weighted by Gasteiger charge is -2.19. The van der Waals surface area contributed by atoms with Crippen molar-refractivity contribution in [3.8, 4) is 0 Å². The van der Waals surface area contributed by atoms with Crippen molar-refractivity contribution in [1.82, 2.24) is 4.98 Å². The quantitative estimate of drug-likeness (QED) is 0.515. The predicted octanol–water partition coefficient (Wildman–Crippen LogP) is 4.83. The van der Waals surface area contributed by atoms with E-state index in [1.54, 1.807) is 0 Å². The highest BCUT2D eigenvalue weighted by atomic mass is 32.2. The fourth-order valence-electron chi connectivity index (χ4n) is 3.87. The van der Waals surface area contributed by atoms with Gasteiger partial charge < -0.3 is 10.4 Å². The molecule has 2 heterocycles.